The molecule has 2 aromatic rings. The zero-order valence-electron chi connectivity index (χ0n) is 15.0. The van der Waals surface area contributed by atoms with Crippen LogP contribution in [0.15, 0.2) is 42.5 Å². The first-order valence-corrected chi connectivity index (χ1v) is 8.45. The summed E-state index contributed by atoms with van der Waals surface area (Å²) in [5.74, 6) is 0.476. The minimum Gasteiger partial charge on any atom is -0.493 e. The molecule has 144 valence electrons. The summed E-state index contributed by atoms with van der Waals surface area (Å²) >= 11 is 5.78. The van der Waals surface area contributed by atoms with Crippen molar-refractivity contribution in [2.75, 3.05) is 34.0 Å². The third-order valence-electron chi connectivity index (χ3n) is 3.46. The van der Waals surface area contributed by atoms with Crippen LogP contribution in [0.1, 0.15) is 10.4 Å². The van der Waals surface area contributed by atoms with Crippen LogP contribution in [0.5, 0.6) is 17.2 Å². The first kappa shape index (κ1) is 20.4. The fourth-order valence-electron chi connectivity index (χ4n) is 2.12. The van der Waals surface area contributed by atoms with Crippen LogP contribution in [0.2, 0.25) is 5.02 Å². The van der Waals surface area contributed by atoms with Crippen LogP contribution in [-0.2, 0) is 9.53 Å². The number of hydrogen-bond donors (Lipinski definition) is 1. The molecule has 0 aliphatic carbocycles. The number of carbonyl (C=O) groups excluding carboxylic acids is 2. The summed E-state index contributed by atoms with van der Waals surface area (Å²) in [5, 5.41) is 3.22. The molecule has 0 atom stereocenters. The Morgan fingerprint density at radius 2 is 1.70 bits per heavy atom. The third-order valence-corrected chi connectivity index (χ3v) is 3.71. The van der Waals surface area contributed by atoms with Gasteiger partial charge in [-0.1, -0.05) is 11.6 Å². The van der Waals surface area contributed by atoms with Crippen LogP contribution in [0.3, 0.4) is 0 Å². The Kier molecular flexibility index (Phi) is 7.76. The predicted octanol–water partition coefficient (Wildman–Crippen LogP) is 2.71. The number of ether oxygens (including phenoxy) is 4. The Balaban J connectivity index is 1.71. The second-order valence-electron chi connectivity index (χ2n) is 5.30. The van der Waals surface area contributed by atoms with Gasteiger partial charge in [0.1, 0.15) is 12.4 Å². The molecule has 27 heavy (non-hydrogen) atoms. The van der Waals surface area contributed by atoms with E-state index in [1.807, 2.05) is 0 Å². The fraction of sp³-hybridized carbons (Fsp3) is 0.263. The molecular formula is C19H20ClNO6. The fourth-order valence-corrected chi connectivity index (χ4v) is 2.24. The van der Waals surface area contributed by atoms with Crippen molar-refractivity contribution in [1.29, 1.82) is 0 Å². The first-order chi connectivity index (χ1) is 13.0. The highest BCUT2D eigenvalue weighted by molar-refractivity contribution is 6.30. The summed E-state index contributed by atoms with van der Waals surface area (Å²) in [6.07, 6.45) is 0. The van der Waals surface area contributed by atoms with Gasteiger partial charge in [-0.25, -0.2) is 4.79 Å². The van der Waals surface area contributed by atoms with Gasteiger partial charge in [-0.2, -0.15) is 0 Å². The van der Waals surface area contributed by atoms with E-state index in [4.69, 9.17) is 30.5 Å². The van der Waals surface area contributed by atoms with Crippen molar-refractivity contribution in [2.24, 2.45) is 0 Å². The van der Waals surface area contributed by atoms with Gasteiger partial charge >= 0.3 is 5.97 Å². The molecular weight excluding hydrogens is 374 g/mol. The van der Waals surface area contributed by atoms with E-state index in [2.05, 4.69) is 5.32 Å². The zero-order valence-corrected chi connectivity index (χ0v) is 15.7. The lowest BCUT2D eigenvalue weighted by Crippen LogP contribution is -2.32. The maximum atomic E-state index is 12.0. The van der Waals surface area contributed by atoms with Crippen LogP contribution >= 0.6 is 11.6 Å². The van der Waals surface area contributed by atoms with Gasteiger partial charge in [0.2, 0.25) is 0 Å². The number of nitrogens with one attached hydrogen (secondary N) is 1. The molecule has 0 heterocycles. The summed E-state index contributed by atoms with van der Waals surface area (Å²) < 4.78 is 20.7. The van der Waals surface area contributed by atoms with Gasteiger partial charge in [0.05, 0.1) is 26.3 Å². The van der Waals surface area contributed by atoms with E-state index < -0.39 is 18.5 Å². The highest BCUT2D eigenvalue weighted by atomic mass is 35.5. The summed E-state index contributed by atoms with van der Waals surface area (Å²) in [6, 6.07) is 11.5. The summed E-state index contributed by atoms with van der Waals surface area (Å²) in [5.41, 5.74) is 0.256. The van der Waals surface area contributed by atoms with Gasteiger partial charge in [0.15, 0.2) is 18.1 Å². The van der Waals surface area contributed by atoms with Crippen molar-refractivity contribution in [1.82, 2.24) is 5.32 Å². The van der Waals surface area contributed by atoms with E-state index in [-0.39, 0.29) is 18.7 Å². The lowest BCUT2D eigenvalue weighted by Gasteiger charge is -2.10. The Labute approximate surface area is 162 Å². The molecule has 1 amide bonds. The van der Waals surface area contributed by atoms with Crippen LogP contribution in [0.25, 0.3) is 0 Å². The Morgan fingerprint density at radius 3 is 2.37 bits per heavy atom. The SMILES string of the molecule is COc1ccc(C(=O)OCC(=O)NCCOc2ccc(Cl)cc2)cc1OC. The summed E-state index contributed by atoms with van der Waals surface area (Å²) in [7, 11) is 2.96. The summed E-state index contributed by atoms with van der Waals surface area (Å²) in [4.78, 5) is 23.8. The molecule has 0 aliphatic rings. The van der Waals surface area contributed by atoms with Crippen molar-refractivity contribution in [2.45, 2.75) is 0 Å². The van der Waals surface area contributed by atoms with Crippen molar-refractivity contribution >= 4 is 23.5 Å². The highest BCUT2D eigenvalue weighted by Gasteiger charge is 2.13. The molecule has 0 aromatic heterocycles. The van der Waals surface area contributed by atoms with Crippen LogP contribution in [0.4, 0.5) is 0 Å². The largest absolute Gasteiger partial charge is 0.493 e. The van der Waals surface area contributed by atoms with E-state index in [1.54, 1.807) is 30.3 Å². The average Bonchev–Trinajstić information content (AvgIpc) is 2.70. The van der Waals surface area contributed by atoms with Crippen LogP contribution < -0.4 is 19.5 Å². The molecule has 0 unspecified atom stereocenters. The van der Waals surface area contributed by atoms with Crippen molar-refractivity contribution in [3.63, 3.8) is 0 Å². The number of halogens is 1. The minimum absolute atomic E-state index is 0.256. The molecule has 0 fully saturated rings. The van der Waals surface area contributed by atoms with Gasteiger partial charge in [-0.3, -0.25) is 4.79 Å². The van der Waals surface area contributed by atoms with E-state index in [1.165, 1.54) is 26.4 Å². The zero-order chi connectivity index (χ0) is 19.6. The predicted molar refractivity (Wildman–Crippen MR) is 99.8 cm³/mol. The maximum absolute atomic E-state index is 12.0. The molecule has 2 aromatic carbocycles. The molecule has 2 rings (SSSR count). The quantitative estimate of drug-likeness (QED) is 0.521. The molecule has 0 saturated carbocycles. The first-order valence-electron chi connectivity index (χ1n) is 8.07. The monoisotopic (exact) mass is 393 g/mol. The van der Waals surface area contributed by atoms with E-state index >= 15 is 0 Å². The Morgan fingerprint density at radius 1 is 1.00 bits per heavy atom. The second kappa shape index (κ2) is 10.3. The average molecular weight is 394 g/mol. The molecule has 0 saturated heterocycles. The smallest absolute Gasteiger partial charge is 0.338 e. The van der Waals surface area contributed by atoms with Gasteiger partial charge < -0.3 is 24.3 Å². The maximum Gasteiger partial charge on any atom is 0.338 e. The van der Waals surface area contributed by atoms with E-state index in [0.29, 0.717) is 22.3 Å². The van der Waals surface area contributed by atoms with E-state index in [9.17, 15) is 9.59 Å². The van der Waals surface area contributed by atoms with Crippen molar-refractivity contribution in [3.05, 3.63) is 53.1 Å². The number of benzene rings is 2. The molecule has 0 aliphatic heterocycles. The minimum atomic E-state index is -0.636. The third kappa shape index (κ3) is 6.38. The van der Waals surface area contributed by atoms with E-state index in [0.717, 1.165) is 0 Å². The second-order valence-corrected chi connectivity index (χ2v) is 5.73. The van der Waals surface area contributed by atoms with Crippen LogP contribution in [-0.4, -0.2) is 45.9 Å². The molecule has 0 spiro atoms. The molecule has 8 heteroatoms. The lowest BCUT2D eigenvalue weighted by atomic mass is 10.2. The topological polar surface area (TPSA) is 83.1 Å². The van der Waals surface area contributed by atoms with Gasteiger partial charge in [0, 0.05) is 5.02 Å². The molecule has 7 nitrogen and oxygen atoms in total. The number of hydrogen-bond acceptors (Lipinski definition) is 6. The van der Waals surface area contributed by atoms with Crippen LogP contribution in [0, 0.1) is 0 Å². The van der Waals surface area contributed by atoms with Crippen molar-refractivity contribution < 1.29 is 28.5 Å². The number of amides is 1. The van der Waals surface area contributed by atoms with Gasteiger partial charge in [0.25, 0.3) is 5.91 Å². The molecule has 0 bridgehead atoms. The van der Waals surface area contributed by atoms with Gasteiger partial charge in [-0.05, 0) is 42.5 Å². The highest BCUT2D eigenvalue weighted by Crippen LogP contribution is 2.27. The van der Waals surface area contributed by atoms with Crippen molar-refractivity contribution in [3.8, 4) is 17.2 Å². The normalized spacial score (nSPS) is 10.0. The number of methoxy groups -OCH3 is 2. The number of esters is 1. The number of rotatable bonds is 9. The van der Waals surface area contributed by atoms with Gasteiger partial charge in [-0.15, -0.1) is 0 Å². The molecule has 1 N–H and O–H groups in total. The number of carbonyl (C=O) groups is 2. The lowest BCUT2D eigenvalue weighted by molar-refractivity contribution is -0.124. The molecule has 0 radical (unpaired) electrons. The Hall–Kier alpha value is -2.93. The standard InChI is InChI=1S/C19H20ClNO6/c1-24-16-8-3-13(11-17(16)25-2)19(23)27-12-18(22)21-9-10-26-15-6-4-14(20)5-7-15/h3-8,11H,9-10,12H2,1-2H3,(H,21,22). The Bertz CT molecular complexity index is 778. The summed E-state index contributed by atoms with van der Waals surface area (Å²) in [6.45, 7) is 0.153.